The summed E-state index contributed by atoms with van der Waals surface area (Å²) in [6, 6.07) is 7.56. The second kappa shape index (κ2) is 10.3. The number of halogens is 3. The molecule has 1 aliphatic rings. The molecule has 2 heterocycles. The summed E-state index contributed by atoms with van der Waals surface area (Å²) >= 11 is 3.52. The molecular formula is C23H24BrF2N5O2. The van der Waals surface area contributed by atoms with Crippen LogP contribution in [0.15, 0.2) is 47.1 Å². The van der Waals surface area contributed by atoms with E-state index in [1.165, 1.54) is 18.9 Å². The lowest BCUT2D eigenvalue weighted by Crippen LogP contribution is -2.25. The number of rotatable bonds is 7. The van der Waals surface area contributed by atoms with Crippen LogP contribution >= 0.6 is 15.9 Å². The van der Waals surface area contributed by atoms with Crippen LogP contribution in [0, 0.1) is 11.6 Å². The van der Waals surface area contributed by atoms with E-state index in [2.05, 4.69) is 36.6 Å². The smallest absolute Gasteiger partial charge is 0.323 e. The number of anilines is 2. The van der Waals surface area contributed by atoms with Gasteiger partial charge in [0.05, 0.1) is 22.1 Å². The van der Waals surface area contributed by atoms with Gasteiger partial charge in [0.15, 0.2) is 0 Å². The number of ether oxygens (including phenoxy) is 1. The van der Waals surface area contributed by atoms with E-state index in [0.717, 1.165) is 41.4 Å². The molecule has 4 rings (SSSR count). The summed E-state index contributed by atoms with van der Waals surface area (Å²) in [5.74, 6) is -0.911. The molecule has 33 heavy (non-hydrogen) atoms. The van der Waals surface area contributed by atoms with Gasteiger partial charge >= 0.3 is 6.03 Å². The Bertz CT molecular complexity index is 1130. The van der Waals surface area contributed by atoms with Crippen molar-refractivity contribution in [3.63, 3.8) is 0 Å². The van der Waals surface area contributed by atoms with Gasteiger partial charge in [0.2, 0.25) is 0 Å². The summed E-state index contributed by atoms with van der Waals surface area (Å²) in [6.45, 7) is 3.57. The number of hydrogen-bond donors (Lipinski definition) is 2. The van der Waals surface area contributed by atoms with E-state index in [9.17, 15) is 13.6 Å². The minimum absolute atomic E-state index is 0.120. The van der Waals surface area contributed by atoms with E-state index >= 15 is 0 Å². The van der Waals surface area contributed by atoms with E-state index in [1.807, 2.05) is 7.05 Å². The molecule has 0 saturated carbocycles. The molecule has 0 aliphatic carbocycles. The largest absolute Gasteiger partial charge is 0.492 e. The lowest BCUT2D eigenvalue weighted by molar-refractivity contribution is 0.238. The number of benzene rings is 2. The summed E-state index contributed by atoms with van der Waals surface area (Å²) in [4.78, 5) is 14.8. The predicted molar refractivity (Wildman–Crippen MR) is 127 cm³/mol. The Morgan fingerprint density at radius 3 is 2.64 bits per heavy atom. The summed E-state index contributed by atoms with van der Waals surface area (Å²) < 4.78 is 35.5. The number of carbonyl (C=O) groups excluding carboxylic acids is 1. The lowest BCUT2D eigenvalue weighted by Gasteiger charge is -2.18. The molecule has 1 fully saturated rings. The van der Waals surface area contributed by atoms with Crippen LogP contribution in [0.1, 0.15) is 12.8 Å². The van der Waals surface area contributed by atoms with Crippen LogP contribution in [0.3, 0.4) is 0 Å². The fraction of sp³-hybridized carbons (Fsp3) is 0.304. The van der Waals surface area contributed by atoms with Crippen LogP contribution < -0.4 is 15.4 Å². The van der Waals surface area contributed by atoms with Crippen LogP contribution in [0.25, 0.3) is 11.3 Å². The number of nitrogens with zero attached hydrogens (tertiary/aromatic N) is 3. The second-order valence-electron chi connectivity index (χ2n) is 7.78. The summed E-state index contributed by atoms with van der Waals surface area (Å²) in [5.41, 5.74) is 1.89. The Labute approximate surface area is 198 Å². The van der Waals surface area contributed by atoms with Gasteiger partial charge in [-0.15, -0.1) is 0 Å². The zero-order chi connectivity index (χ0) is 23.4. The van der Waals surface area contributed by atoms with Gasteiger partial charge in [-0.2, -0.15) is 5.10 Å². The van der Waals surface area contributed by atoms with Gasteiger partial charge in [0, 0.05) is 30.9 Å². The van der Waals surface area contributed by atoms with Gasteiger partial charge in [-0.1, -0.05) is 0 Å². The van der Waals surface area contributed by atoms with E-state index < -0.39 is 17.7 Å². The van der Waals surface area contributed by atoms with Crippen LogP contribution in [-0.4, -0.2) is 47.0 Å². The van der Waals surface area contributed by atoms with E-state index in [1.54, 1.807) is 29.1 Å². The van der Waals surface area contributed by atoms with Crippen LogP contribution in [-0.2, 0) is 7.05 Å². The summed E-state index contributed by atoms with van der Waals surface area (Å²) in [7, 11) is 1.82. The highest BCUT2D eigenvalue weighted by atomic mass is 79.9. The monoisotopic (exact) mass is 519 g/mol. The molecule has 2 aromatic carbocycles. The quantitative estimate of drug-likeness (QED) is 0.447. The Kier molecular flexibility index (Phi) is 7.24. The second-order valence-corrected chi connectivity index (χ2v) is 8.63. The van der Waals surface area contributed by atoms with Gasteiger partial charge in [0.1, 0.15) is 24.0 Å². The molecule has 7 nitrogen and oxygen atoms in total. The van der Waals surface area contributed by atoms with Crippen molar-refractivity contribution in [2.45, 2.75) is 12.8 Å². The molecule has 1 saturated heterocycles. The lowest BCUT2D eigenvalue weighted by atomic mass is 10.1. The molecule has 10 heteroatoms. The number of aryl methyl sites for hydroxylation is 1. The molecule has 0 atom stereocenters. The van der Waals surface area contributed by atoms with Gasteiger partial charge in [-0.05, 0) is 72.2 Å². The Balaban J connectivity index is 1.52. The van der Waals surface area contributed by atoms with Crippen molar-refractivity contribution >= 4 is 33.3 Å². The molecular weight excluding hydrogens is 496 g/mol. The minimum atomic E-state index is -0.855. The zero-order valence-corrected chi connectivity index (χ0v) is 19.7. The summed E-state index contributed by atoms with van der Waals surface area (Å²) in [6.07, 6.45) is 4.13. The normalized spacial score (nSPS) is 13.8. The molecule has 0 radical (unpaired) electrons. The van der Waals surface area contributed by atoms with E-state index in [4.69, 9.17) is 4.74 Å². The first-order valence-corrected chi connectivity index (χ1v) is 11.4. The van der Waals surface area contributed by atoms with Crippen LogP contribution in [0.2, 0.25) is 0 Å². The van der Waals surface area contributed by atoms with Crippen molar-refractivity contribution in [3.8, 4) is 17.0 Å². The van der Waals surface area contributed by atoms with Crippen LogP contribution in [0.4, 0.5) is 25.0 Å². The highest BCUT2D eigenvalue weighted by Gasteiger charge is 2.17. The first kappa shape index (κ1) is 23.2. The topological polar surface area (TPSA) is 71.4 Å². The van der Waals surface area contributed by atoms with E-state index in [-0.39, 0.29) is 5.69 Å². The summed E-state index contributed by atoms with van der Waals surface area (Å²) in [5, 5.41) is 9.34. The van der Waals surface area contributed by atoms with Crippen molar-refractivity contribution in [1.82, 2.24) is 14.7 Å². The zero-order valence-electron chi connectivity index (χ0n) is 18.1. The van der Waals surface area contributed by atoms with Gasteiger partial charge < -0.3 is 15.4 Å². The van der Waals surface area contributed by atoms with Crippen LogP contribution in [0.5, 0.6) is 5.75 Å². The fourth-order valence-electron chi connectivity index (χ4n) is 3.80. The predicted octanol–water partition coefficient (Wildman–Crippen LogP) is 5.25. The van der Waals surface area contributed by atoms with Crippen molar-refractivity contribution < 1.29 is 18.3 Å². The molecule has 1 aliphatic heterocycles. The third kappa shape index (κ3) is 5.69. The highest BCUT2D eigenvalue weighted by molar-refractivity contribution is 9.10. The van der Waals surface area contributed by atoms with Crippen molar-refractivity contribution in [3.05, 3.63) is 58.7 Å². The van der Waals surface area contributed by atoms with Gasteiger partial charge in [0.25, 0.3) is 0 Å². The first-order chi connectivity index (χ1) is 15.9. The number of hydrogen-bond acceptors (Lipinski definition) is 4. The molecule has 0 bridgehead atoms. The number of urea groups is 1. The molecule has 0 unspecified atom stereocenters. The van der Waals surface area contributed by atoms with Gasteiger partial charge in [-0.25, -0.2) is 13.6 Å². The molecule has 1 aromatic heterocycles. The van der Waals surface area contributed by atoms with Crippen molar-refractivity contribution in [2.24, 2.45) is 7.05 Å². The average Bonchev–Trinajstić information content (AvgIpc) is 3.41. The molecule has 2 N–H and O–H groups in total. The van der Waals surface area contributed by atoms with Crippen molar-refractivity contribution in [2.75, 3.05) is 36.9 Å². The molecule has 0 spiro atoms. The highest BCUT2D eigenvalue weighted by Crippen LogP contribution is 2.36. The SMILES string of the molecule is Cn1ncc(Br)c1-c1cc(NC(=O)Nc2ccc(F)cc2F)ccc1OCCN1CCCC1. The number of aromatic nitrogens is 2. The maximum absolute atomic E-state index is 13.9. The molecule has 174 valence electrons. The standard InChI is InChI=1S/C23H24BrF2N5O2/c1-30-22(18(24)14-27-30)17-13-16(5-7-21(17)33-11-10-31-8-2-3-9-31)28-23(32)29-20-6-4-15(25)12-19(20)26/h4-7,12-14H,2-3,8-11H2,1H3,(H2,28,29,32). The fourth-order valence-corrected chi connectivity index (χ4v) is 4.36. The molecule has 3 aromatic rings. The third-order valence-electron chi connectivity index (χ3n) is 5.43. The number of carbonyl (C=O) groups is 1. The Morgan fingerprint density at radius 2 is 1.94 bits per heavy atom. The van der Waals surface area contributed by atoms with Crippen molar-refractivity contribution in [1.29, 1.82) is 0 Å². The Morgan fingerprint density at radius 1 is 1.15 bits per heavy atom. The average molecular weight is 520 g/mol. The third-order valence-corrected chi connectivity index (χ3v) is 6.01. The first-order valence-electron chi connectivity index (χ1n) is 10.6. The maximum atomic E-state index is 13.9. The maximum Gasteiger partial charge on any atom is 0.323 e. The minimum Gasteiger partial charge on any atom is -0.492 e. The molecule has 2 amide bonds. The number of amides is 2. The van der Waals surface area contributed by atoms with Gasteiger partial charge in [-0.3, -0.25) is 9.58 Å². The number of likely N-dealkylation sites (tertiary alicyclic amines) is 1. The number of nitrogens with one attached hydrogen (secondary N) is 2. The Hall–Kier alpha value is -2.98. The van der Waals surface area contributed by atoms with E-state index in [0.29, 0.717) is 24.1 Å².